The Kier molecular flexibility index (Phi) is 7.44. The largest absolute Gasteiger partial charge is 0.424 e. The third-order valence-corrected chi connectivity index (χ3v) is 3.91. The zero-order chi connectivity index (χ0) is 12.7. The van der Waals surface area contributed by atoms with Gasteiger partial charge in [0.15, 0.2) is 0 Å². The van der Waals surface area contributed by atoms with Crippen LogP contribution < -0.4 is 0 Å². The van der Waals surface area contributed by atoms with Crippen LogP contribution in [0.5, 0.6) is 0 Å². The van der Waals surface area contributed by atoms with E-state index in [1.807, 2.05) is 0 Å². The second kappa shape index (κ2) is 7.41. The van der Waals surface area contributed by atoms with Crippen molar-refractivity contribution in [2.45, 2.75) is 25.2 Å². The van der Waals surface area contributed by atoms with Crippen molar-refractivity contribution < 1.29 is 25.9 Å². The number of rotatable bonds is 9. The van der Waals surface area contributed by atoms with Gasteiger partial charge in [-0.1, -0.05) is 0 Å². The molecule has 0 aromatic rings. The fourth-order valence-electron chi connectivity index (χ4n) is 0.825. The molecule has 0 rings (SSSR count). The monoisotopic (exact) mass is 278 g/mol. The highest BCUT2D eigenvalue weighted by Crippen LogP contribution is 2.12. The predicted molar refractivity (Wildman–Crippen MR) is 58.9 cm³/mol. The highest BCUT2D eigenvalue weighted by Gasteiger charge is 2.27. The van der Waals surface area contributed by atoms with Crippen molar-refractivity contribution >= 4 is 17.5 Å². The van der Waals surface area contributed by atoms with Gasteiger partial charge in [-0.3, -0.25) is 16.4 Å². The lowest BCUT2D eigenvalue weighted by atomic mass is 10.7. The van der Waals surface area contributed by atoms with Gasteiger partial charge < -0.3 is 9.47 Å². The van der Waals surface area contributed by atoms with E-state index in [1.165, 1.54) is 0 Å². The summed E-state index contributed by atoms with van der Waals surface area (Å²) in [5, 5.41) is 0. The first-order valence-electron chi connectivity index (χ1n) is 5.12. The number of hydrogen-bond acceptors (Lipinski definition) is 2. The summed E-state index contributed by atoms with van der Waals surface area (Å²) < 4.78 is 59.5. The molecule has 0 bridgehead atoms. The molecule has 0 unspecified atom stereocenters. The first-order chi connectivity index (χ1) is 7.21. The van der Waals surface area contributed by atoms with Gasteiger partial charge in [0, 0.05) is 25.3 Å². The first-order valence-corrected chi connectivity index (χ1v) is 10.0. The molecule has 0 aliphatic rings. The summed E-state index contributed by atoms with van der Waals surface area (Å²) in [5.41, 5.74) is 0. The molecule has 0 saturated carbocycles. The maximum Gasteiger partial charge on any atom is 0.424 e. The molecule has 98 valence electrons. The molecular formula is C8H18F4O2Si2. The second-order valence-corrected chi connectivity index (χ2v) is 9.15. The quantitative estimate of drug-likeness (QED) is 0.279. The van der Waals surface area contributed by atoms with Crippen LogP contribution in [0.15, 0.2) is 0 Å². The zero-order valence-electron chi connectivity index (χ0n) is 9.57. The summed E-state index contributed by atoms with van der Waals surface area (Å²) in [6.07, 6.45) is 0. The normalized spacial score (nSPS) is 13.1. The summed E-state index contributed by atoms with van der Waals surface area (Å²) in [7, 11) is -8.03. The lowest BCUT2D eigenvalue weighted by Crippen LogP contribution is -2.21. The van der Waals surface area contributed by atoms with Gasteiger partial charge in [0.05, 0.1) is 13.2 Å². The summed E-state index contributed by atoms with van der Waals surface area (Å²) in [4.78, 5) is 0. The Morgan fingerprint density at radius 2 is 1.00 bits per heavy atom. The Labute approximate surface area is 95.6 Å². The molecule has 0 amide bonds. The highest BCUT2D eigenvalue weighted by molar-refractivity contribution is 6.64. The Morgan fingerprint density at radius 1 is 0.688 bits per heavy atom. The van der Waals surface area contributed by atoms with Crippen molar-refractivity contribution in [3.05, 3.63) is 0 Å². The van der Waals surface area contributed by atoms with Gasteiger partial charge in [0.2, 0.25) is 0 Å². The predicted octanol–water partition coefficient (Wildman–Crippen LogP) is 3.04. The lowest BCUT2D eigenvalue weighted by molar-refractivity contribution is 0.0562. The van der Waals surface area contributed by atoms with Crippen LogP contribution in [0.1, 0.15) is 0 Å². The lowest BCUT2D eigenvalue weighted by Gasteiger charge is -2.09. The van der Waals surface area contributed by atoms with Crippen LogP contribution in [0.4, 0.5) is 16.4 Å². The molecule has 0 fully saturated rings. The van der Waals surface area contributed by atoms with Crippen molar-refractivity contribution in [3.8, 4) is 0 Å². The van der Waals surface area contributed by atoms with Crippen LogP contribution in [0.25, 0.3) is 0 Å². The molecule has 0 radical (unpaired) electrons. The van der Waals surface area contributed by atoms with E-state index in [0.29, 0.717) is 0 Å². The standard InChI is InChI=1S/C8H18F4O2Si2/c1-15(9,10)7-5-13-3-4-14-6-8-16(2,11)12/h3-8H2,1-2H3. The molecule has 16 heavy (non-hydrogen) atoms. The number of ether oxygens (including phenoxy) is 2. The van der Waals surface area contributed by atoms with E-state index >= 15 is 0 Å². The van der Waals surface area contributed by atoms with Crippen molar-refractivity contribution in [1.82, 2.24) is 0 Å². The topological polar surface area (TPSA) is 18.5 Å². The van der Waals surface area contributed by atoms with Crippen molar-refractivity contribution in [1.29, 1.82) is 0 Å². The molecule has 0 aliphatic heterocycles. The molecule has 2 nitrogen and oxygen atoms in total. The third kappa shape index (κ3) is 14.1. The van der Waals surface area contributed by atoms with Crippen LogP contribution >= 0.6 is 0 Å². The van der Waals surface area contributed by atoms with Crippen LogP contribution in [-0.2, 0) is 9.47 Å². The van der Waals surface area contributed by atoms with Gasteiger partial charge in [0.1, 0.15) is 0 Å². The van der Waals surface area contributed by atoms with Crippen molar-refractivity contribution in [3.63, 3.8) is 0 Å². The smallest absolute Gasteiger partial charge is 0.379 e. The Morgan fingerprint density at radius 3 is 1.25 bits per heavy atom. The van der Waals surface area contributed by atoms with Crippen LogP contribution in [0.3, 0.4) is 0 Å². The number of hydrogen-bond donors (Lipinski definition) is 0. The molecule has 0 N–H and O–H groups in total. The van der Waals surface area contributed by atoms with Gasteiger partial charge in [-0.25, -0.2) is 0 Å². The summed E-state index contributed by atoms with van der Waals surface area (Å²) in [6, 6.07) is -0.403. The van der Waals surface area contributed by atoms with Crippen molar-refractivity contribution in [2.75, 3.05) is 26.4 Å². The summed E-state index contributed by atoms with van der Waals surface area (Å²) in [5.74, 6) is 0. The molecule has 0 spiro atoms. The maximum absolute atomic E-state index is 12.4. The van der Waals surface area contributed by atoms with Gasteiger partial charge in [-0.05, 0) is 13.1 Å². The Hall–Kier alpha value is 0.0738. The van der Waals surface area contributed by atoms with Gasteiger partial charge in [0.25, 0.3) is 0 Å². The molecule has 0 saturated heterocycles. The zero-order valence-corrected chi connectivity index (χ0v) is 11.6. The molecule has 0 heterocycles. The Balaban J connectivity index is 3.17. The van der Waals surface area contributed by atoms with Gasteiger partial charge >= 0.3 is 17.5 Å². The molecular weight excluding hydrogens is 260 g/mol. The fourth-order valence-corrected chi connectivity index (χ4v) is 1.83. The summed E-state index contributed by atoms with van der Waals surface area (Å²) >= 11 is 0. The van der Waals surface area contributed by atoms with E-state index in [9.17, 15) is 16.4 Å². The first kappa shape index (κ1) is 16.1. The minimum atomic E-state index is -4.02. The van der Waals surface area contributed by atoms with E-state index in [0.717, 1.165) is 13.1 Å². The minimum absolute atomic E-state index is 0.0117. The van der Waals surface area contributed by atoms with Gasteiger partial charge in [-0.2, -0.15) is 0 Å². The Bertz CT molecular complexity index is 162. The second-order valence-electron chi connectivity index (χ2n) is 3.87. The third-order valence-electron chi connectivity index (χ3n) is 1.74. The average molecular weight is 278 g/mol. The fraction of sp³-hybridized carbons (Fsp3) is 1.00. The van der Waals surface area contributed by atoms with E-state index in [4.69, 9.17) is 9.47 Å². The van der Waals surface area contributed by atoms with Gasteiger partial charge in [-0.15, -0.1) is 0 Å². The minimum Gasteiger partial charge on any atom is -0.379 e. The molecule has 0 aliphatic carbocycles. The van der Waals surface area contributed by atoms with Crippen molar-refractivity contribution in [2.24, 2.45) is 0 Å². The van der Waals surface area contributed by atoms with E-state index in [2.05, 4.69) is 0 Å². The van der Waals surface area contributed by atoms with E-state index in [1.54, 1.807) is 0 Å². The number of halogens is 4. The van der Waals surface area contributed by atoms with E-state index < -0.39 is 17.5 Å². The SMILES string of the molecule is C[Si](F)(F)CCOCCOCC[Si](C)(F)F. The van der Waals surface area contributed by atoms with E-state index in [-0.39, 0.29) is 38.5 Å². The summed E-state index contributed by atoms with van der Waals surface area (Å²) in [6.45, 7) is 2.31. The average Bonchev–Trinajstić information content (AvgIpc) is 2.06. The van der Waals surface area contributed by atoms with Crippen LogP contribution in [-0.4, -0.2) is 43.9 Å². The molecule has 0 atom stereocenters. The van der Waals surface area contributed by atoms with Crippen LogP contribution in [0, 0.1) is 0 Å². The molecule has 0 aromatic carbocycles. The maximum atomic E-state index is 12.4. The van der Waals surface area contributed by atoms with Crippen LogP contribution in [0.2, 0.25) is 25.2 Å². The highest BCUT2D eigenvalue weighted by atomic mass is 28.4. The molecule has 0 aromatic heterocycles. The molecule has 8 heteroatoms.